The summed E-state index contributed by atoms with van der Waals surface area (Å²) in [6.07, 6.45) is 1.34. The maximum atomic E-state index is 12.4. The molecule has 2 nitrogen and oxygen atoms in total. The Bertz CT molecular complexity index is 450. The lowest BCUT2D eigenvalue weighted by Gasteiger charge is -2.03. The molecule has 0 aliphatic rings. The monoisotopic (exact) mass is 197 g/mol. The molecule has 0 bridgehead atoms. The molecule has 0 fully saturated rings. The summed E-state index contributed by atoms with van der Waals surface area (Å²) in [6, 6.07) is 6.54. The van der Waals surface area contributed by atoms with Crippen LogP contribution >= 0.6 is 0 Å². The maximum Gasteiger partial charge on any atom is 0.319 e. The highest BCUT2D eigenvalue weighted by molar-refractivity contribution is 5.80. The highest BCUT2D eigenvalue weighted by Crippen LogP contribution is 2.22. The van der Waals surface area contributed by atoms with Gasteiger partial charge in [0.05, 0.1) is 12.1 Å². The summed E-state index contributed by atoms with van der Waals surface area (Å²) in [5.41, 5.74) is 1.21. The summed E-state index contributed by atoms with van der Waals surface area (Å²) in [5, 5.41) is 9.58. The summed E-state index contributed by atoms with van der Waals surface area (Å²) >= 11 is 0. The second kappa shape index (κ2) is 3.38. The van der Waals surface area contributed by atoms with Crippen LogP contribution in [0.1, 0.15) is 12.1 Å². The Labute approximate surface area is 79.4 Å². The number of hydrogen-bond acceptors (Lipinski definition) is 1. The quantitative estimate of drug-likeness (QED) is 0.786. The first-order chi connectivity index (χ1) is 6.72. The number of alkyl halides is 2. The van der Waals surface area contributed by atoms with E-state index in [1.165, 1.54) is 6.20 Å². The van der Waals surface area contributed by atoms with Crippen molar-refractivity contribution in [3.8, 4) is 0 Å². The topological polar surface area (TPSA) is 25.2 Å². The Kier molecular flexibility index (Phi) is 2.21. The van der Waals surface area contributed by atoms with Crippen molar-refractivity contribution in [1.82, 2.24) is 4.57 Å². The van der Waals surface area contributed by atoms with Crippen LogP contribution in [0.2, 0.25) is 0 Å². The highest BCUT2D eigenvalue weighted by Gasteiger charge is 2.08. The van der Waals surface area contributed by atoms with Crippen molar-refractivity contribution in [2.24, 2.45) is 0 Å². The minimum atomic E-state index is -2.52. The zero-order chi connectivity index (χ0) is 10.1. The van der Waals surface area contributed by atoms with Crippen molar-refractivity contribution in [3.05, 3.63) is 36.0 Å². The lowest BCUT2D eigenvalue weighted by atomic mass is 10.2. The molecule has 0 saturated heterocycles. The van der Waals surface area contributed by atoms with E-state index in [1.807, 2.05) is 0 Å². The van der Waals surface area contributed by atoms with Crippen LogP contribution in [0.25, 0.3) is 10.9 Å². The van der Waals surface area contributed by atoms with Crippen LogP contribution in [0.3, 0.4) is 0 Å². The van der Waals surface area contributed by atoms with E-state index in [2.05, 4.69) is 0 Å². The third kappa shape index (κ3) is 1.37. The van der Waals surface area contributed by atoms with Crippen molar-refractivity contribution < 1.29 is 13.9 Å². The number of fused-ring (bicyclic) bond motifs is 1. The van der Waals surface area contributed by atoms with Gasteiger partial charge in [-0.1, -0.05) is 6.07 Å². The van der Waals surface area contributed by atoms with Gasteiger partial charge in [-0.2, -0.15) is 8.78 Å². The average Bonchev–Trinajstić information content (AvgIpc) is 2.59. The van der Waals surface area contributed by atoms with Gasteiger partial charge in [0, 0.05) is 11.6 Å². The molecule has 0 unspecified atom stereocenters. The summed E-state index contributed by atoms with van der Waals surface area (Å²) in [7, 11) is 0. The Balaban J connectivity index is 2.59. The van der Waals surface area contributed by atoms with Crippen molar-refractivity contribution >= 4 is 10.9 Å². The van der Waals surface area contributed by atoms with E-state index in [9.17, 15) is 8.78 Å². The summed E-state index contributed by atoms with van der Waals surface area (Å²) in [4.78, 5) is 0. The molecule has 1 aromatic carbocycles. The van der Waals surface area contributed by atoms with Crippen LogP contribution in [0.5, 0.6) is 0 Å². The molecular formula is C10H9F2NO. The largest absolute Gasteiger partial charge is 0.392 e. The molecule has 0 amide bonds. The molecule has 1 aromatic heterocycles. The van der Waals surface area contributed by atoms with Gasteiger partial charge < -0.3 is 5.11 Å². The summed E-state index contributed by atoms with van der Waals surface area (Å²) in [5.74, 6) is 0. The number of aliphatic hydroxyl groups is 1. The predicted molar refractivity (Wildman–Crippen MR) is 49.1 cm³/mol. The maximum absolute atomic E-state index is 12.4. The number of hydrogen-bond donors (Lipinski definition) is 1. The van der Waals surface area contributed by atoms with Gasteiger partial charge in [-0.05, 0) is 23.8 Å². The average molecular weight is 197 g/mol. The fraction of sp³-hybridized carbons (Fsp3) is 0.200. The Morgan fingerprint density at radius 2 is 2.07 bits per heavy atom. The van der Waals surface area contributed by atoms with E-state index >= 15 is 0 Å². The van der Waals surface area contributed by atoms with Crippen molar-refractivity contribution in [2.75, 3.05) is 0 Å². The molecule has 14 heavy (non-hydrogen) atoms. The molecule has 1 heterocycles. The predicted octanol–water partition coefficient (Wildman–Crippen LogP) is 2.53. The molecule has 2 aromatic rings. The fourth-order valence-corrected chi connectivity index (χ4v) is 1.48. The van der Waals surface area contributed by atoms with E-state index in [-0.39, 0.29) is 6.61 Å². The van der Waals surface area contributed by atoms with Crippen molar-refractivity contribution in [3.63, 3.8) is 0 Å². The first-order valence-corrected chi connectivity index (χ1v) is 4.21. The molecule has 0 radical (unpaired) electrons. The third-order valence-electron chi connectivity index (χ3n) is 2.18. The second-order valence-electron chi connectivity index (χ2n) is 3.05. The summed E-state index contributed by atoms with van der Waals surface area (Å²) < 4.78 is 25.8. The fourth-order valence-electron chi connectivity index (χ4n) is 1.48. The number of aromatic nitrogens is 1. The lowest BCUT2D eigenvalue weighted by molar-refractivity contribution is 0.0752. The zero-order valence-corrected chi connectivity index (χ0v) is 7.32. The number of rotatable bonds is 2. The standard InChI is InChI=1S/C10H9F2NO/c11-10(12)13-4-3-8-5-7(6-14)1-2-9(8)13/h1-5,10,14H,6H2. The minimum absolute atomic E-state index is 0.0736. The van der Waals surface area contributed by atoms with Crippen LogP contribution in [0, 0.1) is 0 Å². The summed E-state index contributed by atoms with van der Waals surface area (Å²) in [6.45, 7) is -2.59. The Morgan fingerprint density at radius 1 is 1.29 bits per heavy atom. The van der Waals surface area contributed by atoms with Crippen LogP contribution in [0.15, 0.2) is 30.5 Å². The Hall–Kier alpha value is -1.42. The van der Waals surface area contributed by atoms with Gasteiger partial charge in [0.15, 0.2) is 0 Å². The van der Waals surface area contributed by atoms with Gasteiger partial charge in [0.25, 0.3) is 0 Å². The number of benzene rings is 1. The SMILES string of the molecule is OCc1ccc2c(ccn2C(F)F)c1. The van der Waals surface area contributed by atoms with Crippen LogP contribution < -0.4 is 0 Å². The number of nitrogens with zero attached hydrogens (tertiary/aromatic N) is 1. The molecule has 2 rings (SSSR count). The van der Waals surface area contributed by atoms with E-state index in [4.69, 9.17) is 5.11 Å². The van der Waals surface area contributed by atoms with E-state index < -0.39 is 6.55 Å². The first kappa shape index (κ1) is 9.15. The van der Waals surface area contributed by atoms with Gasteiger partial charge in [0.1, 0.15) is 0 Å². The van der Waals surface area contributed by atoms with E-state index in [1.54, 1.807) is 24.3 Å². The molecule has 0 saturated carbocycles. The molecule has 0 aliphatic carbocycles. The zero-order valence-electron chi connectivity index (χ0n) is 7.32. The van der Waals surface area contributed by atoms with Crippen molar-refractivity contribution in [1.29, 1.82) is 0 Å². The smallest absolute Gasteiger partial charge is 0.319 e. The normalized spacial score (nSPS) is 11.4. The third-order valence-corrected chi connectivity index (χ3v) is 2.18. The minimum Gasteiger partial charge on any atom is -0.392 e. The number of halogens is 2. The molecule has 0 atom stereocenters. The number of aliphatic hydroxyl groups excluding tert-OH is 1. The molecular weight excluding hydrogens is 188 g/mol. The molecule has 1 N–H and O–H groups in total. The Morgan fingerprint density at radius 3 is 2.71 bits per heavy atom. The van der Waals surface area contributed by atoms with Crippen LogP contribution in [-0.2, 0) is 6.61 Å². The van der Waals surface area contributed by atoms with Gasteiger partial charge in [0.2, 0.25) is 0 Å². The van der Waals surface area contributed by atoms with E-state index in [0.717, 1.165) is 15.5 Å². The van der Waals surface area contributed by atoms with Gasteiger partial charge in [-0.15, -0.1) is 0 Å². The van der Waals surface area contributed by atoms with E-state index in [0.29, 0.717) is 5.52 Å². The van der Waals surface area contributed by atoms with Crippen molar-refractivity contribution in [2.45, 2.75) is 13.2 Å². The molecule has 0 spiro atoms. The lowest BCUT2D eigenvalue weighted by Crippen LogP contribution is -1.94. The van der Waals surface area contributed by atoms with Crippen LogP contribution in [0.4, 0.5) is 8.78 Å². The molecule has 0 aliphatic heterocycles. The van der Waals surface area contributed by atoms with Crippen LogP contribution in [-0.4, -0.2) is 9.67 Å². The second-order valence-corrected chi connectivity index (χ2v) is 3.05. The highest BCUT2D eigenvalue weighted by atomic mass is 19.3. The van der Waals surface area contributed by atoms with Gasteiger partial charge in [-0.3, -0.25) is 4.57 Å². The molecule has 74 valence electrons. The van der Waals surface area contributed by atoms with Gasteiger partial charge >= 0.3 is 6.55 Å². The molecule has 4 heteroatoms. The van der Waals surface area contributed by atoms with Gasteiger partial charge in [-0.25, -0.2) is 0 Å². The first-order valence-electron chi connectivity index (χ1n) is 4.21.